The molecule has 2 saturated heterocycles. The van der Waals surface area contributed by atoms with Gasteiger partial charge < -0.3 is 101 Å². The van der Waals surface area contributed by atoms with Gasteiger partial charge in [-0.1, -0.05) is 120 Å². The number of hydrogen-bond acceptors (Lipinski definition) is 20. The van der Waals surface area contributed by atoms with E-state index in [1.807, 2.05) is 26.0 Å². The van der Waals surface area contributed by atoms with E-state index in [9.17, 15) is 58.8 Å². The third kappa shape index (κ3) is 26.5. The Hall–Kier alpha value is -9.64. The SMILES string of the molecule is CC(C)NCc1ccc(C[C@@H]2NC(=O)[C@@H](Cc3c[nH]c4ccccc34)NC(=O)[C@@H]3CCC(=O)NCCCC[C@H](NC(=O)[C@H](Cc4ccc(O)cc4)NC(=O)[C@H]([C@@H](C)O)NC2=O)C(=O)N[C@@H](CO)C(=O)N[C@H](C(=O)O)CSSC[C@H](N)C(=O)N[C@@H](CCCCN)C(=O)N[C@@H](Cc2ccccc2)C(=O)N3)cc1. The minimum absolute atomic E-state index is 0.0115. The van der Waals surface area contributed by atoms with Gasteiger partial charge in [0.25, 0.3) is 0 Å². The molecule has 2 bridgehead atoms. The number of fused-ring (bicyclic) bond motifs is 10. The summed E-state index contributed by atoms with van der Waals surface area (Å²) in [4.78, 5) is 178. The fourth-order valence-electron chi connectivity index (χ4n) is 11.6. The zero-order valence-electron chi connectivity index (χ0n) is 58.8. The molecule has 33 heteroatoms. The number of nitrogens with one attached hydrogen (secondary N) is 13. The van der Waals surface area contributed by atoms with Crippen LogP contribution in [0.1, 0.15) is 100.0 Å². The highest BCUT2D eigenvalue weighted by molar-refractivity contribution is 8.76. The molecule has 0 spiro atoms. The average molecular weight is 1490 g/mol. The summed E-state index contributed by atoms with van der Waals surface area (Å²) < 4.78 is 0. The van der Waals surface area contributed by atoms with E-state index in [1.54, 1.807) is 72.9 Å². The van der Waals surface area contributed by atoms with Crippen molar-refractivity contribution >= 4 is 103 Å². The maximum atomic E-state index is 15.5. The van der Waals surface area contributed by atoms with Crippen LogP contribution in [-0.4, -0.2) is 206 Å². The Kier molecular flexibility index (Phi) is 32.9. The number of phenolic OH excluding ortho intramolecular Hbond substituents is 1. The van der Waals surface area contributed by atoms with Crippen molar-refractivity contribution in [2.45, 2.75) is 183 Å². The summed E-state index contributed by atoms with van der Waals surface area (Å²) in [5, 5.41) is 75.4. The normalized spacial score (nSPS) is 24.5. The number of carbonyl (C=O) groups excluding carboxylic acids is 11. The standard InChI is InChI=1S/C72H97N15O16S2/c1-40(2)76-35-45-21-19-43(20-22-45)32-56-69(99)87-61(41(3)89)71(101)84-55(33-44-23-25-47(90)26-24-44)67(97)79-52-18-10-12-30-75-60(91)28-27-53(65(95)83-57(68(98)82-56)34-46-36-77-50-16-8-7-15-48(46)50)80-66(96)54(31-42-13-5-4-6-14-42)81-63(93)51(17-9-11-29-73)78-62(92)49(74)38-104-105-39-59(72(102)103)86-70(100)58(37-88)85-64(52)94/h4-8,13-16,19-26,36,40-41,49,51-59,61,76-77,88-90H,9-12,17-18,27-35,37-39,73-74H2,1-3H3,(H,75,91)(H,78,92)(H,79,97)(H,80,96)(H,81,93)(H,82,98)(H,83,95)(H,84,101)(H,85,94)(H,86,100)(H,87,99)(H,102,103)/t41-,49+,51+,52+,53+,54+,55+,56+,57-,58+,59+,61+/m1/s1. The van der Waals surface area contributed by atoms with Crippen LogP contribution in [0.25, 0.3) is 10.9 Å². The van der Waals surface area contributed by atoms with Crippen LogP contribution >= 0.6 is 21.6 Å². The van der Waals surface area contributed by atoms with Crippen LogP contribution in [0.15, 0.2) is 109 Å². The van der Waals surface area contributed by atoms with Crippen molar-refractivity contribution < 1.29 is 78.0 Å². The van der Waals surface area contributed by atoms with Gasteiger partial charge in [-0.3, -0.25) is 52.7 Å². The van der Waals surface area contributed by atoms with Crippen molar-refractivity contribution in [3.05, 3.63) is 137 Å². The summed E-state index contributed by atoms with van der Waals surface area (Å²) in [6.45, 7) is 4.69. The molecule has 31 nitrogen and oxygen atoms in total. The van der Waals surface area contributed by atoms with Gasteiger partial charge in [0.2, 0.25) is 65.0 Å². The molecule has 12 atom stereocenters. The van der Waals surface area contributed by atoms with E-state index >= 15 is 19.2 Å². The monoisotopic (exact) mass is 1490 g/mol. The van der Waals surface area contributed by atoms with Crippen LogP contribution in [0.4, 0.5) is 0 Å². The van der Waals surface area contributed by atoms with E-state index in [0.29, 0.717) is 52.5 Å². The van der Waals surface area contributed by atoms with Crippen molar-refractivity contribution in [2.24, 2.45) is 11.5 Å². The van der Waals surface area contributed by atoms with Crippen LogP contribution in [-0.2, 0) is 89.8 Å². The second-order valence-corrected chi connectivity index (χ2v) is 28.9. The summed E-state index contributed by atoms with van der Waals surface area (Å²) in [5.41, 5.74) is 15.7. The molecule has 2 fully saturated rings. The molecule has 4 aromatic carbocycles. The van der Waals surface area contributed by atoms with Gasteiger partial charge >= 0.3 is 5.97 Å². The minimum Gasteiger partial charge on any atom is -0.508 e. The van der Waals surface area contributed by atoms with E-state index in [-0.39, 0.29) is 87.8 Å². The lowest BCUT2D eigenvalue weighted by atomic mass is 9.99. The van der Waals surface area contributed by atoms with Crippen LogP contribution < -0.4 is 75.3 Å². The molecular formula is C72H97N15O16S2. The van der Waals surface area contributed by atoms with Crippen LogP contribution in [0, 0.1) is 0 Å². The number of hydrogen-bond donors (Lipinski definition) is 19. The second-order valence-electron chi connectivity index (χ2n) is 26.3. The highest BCUT2D eigenvalue weighted by Crippen LogP contribution is 2.24. The number of unbranched alkanes of at least 4 members (excludes halogenated alkanes) is 1. The number of rotatable bonds is 18. The number of nitrogens with two attached hydrogens (primary N) is 2. The highest BCUT2D eigenvalue weighted by atomic mass is 33.1. The quantitative estimate of drug-likeness (QED) is 0.0365. The number of phenols is 1. The Morgan fingerprint density at radius 1 is 0.543 bits per heavy atom. The van der Waals surface area contributed by atoms with Gasteiger partial charge in [0.1, 0.15) is 66.2 Å². The summed E-state index contributed by atoms with van der Waals surface area (Å²) in [7, 11) is 1.85. The first-order chi connectivity index (χ1) is 50.3. The number of carboxylic acid groups (broad SMARTS) is 1. The van der Waals surface area contributed by atoms with Gasteiger partial charge in [0, 0.05) is 79.8 Å². The van der Waals surface area contributed by atoms with E-state index in [4.69, 9.17) is 11.5 Å². The van der Waals surface area contributed by atoms with Crippen LogP contribution in [0.2, 0.25) is 0 Å². The number of aromatic amines is 1. The van der Waals surface area contributed by atoms with Gasteiger partial charge in [0.05, 0.1) is 18.8 Å². The lowest BCUT2D eigenvalue weighted by Crippen LogP contribution is -2.62. The van der Waals surface area contributed by atoms with E-state index in [0.717, 1.165) is 27.2 Å². The molecule has 1 aromatic heterocycles. The molecule has 3 heterocycles. The molecule has 0 saturated carbocycles. The minimum atomic E-state index is -1.89. The molecular weight excluding hydrogens is 1400 g/mol. The molecule has 7 rings (SSSR count). The number of amides is 11. The van der Waals surface area contributed by atoms with Crippen molar-refractivity contribution in [3.63, 3.8) is 0 Å². The Bertz CT molecular complexity index is 3780. The zero-order valence-corrected chi connectivity index (χ0v) is 60.4. The predicted octanol–water partition coefficient (Wildman–Crippen LogP) is -1.12. The number of aliphatic hydroxyl groups excluding tert-OH is 2. The van der Waals surface area contributed by atoms with Crippen molar-refractivity contribution in [1.82, 2.24) is 68.8 Å². The Morgan fingerprint density at radius 3 is 1.66 bits per heavy atom. The van der Waals surface area contributed by atoms with Crippen LogP contribution in [0.3, 0.4) is 0 Å². The third-order valence-corrected chi connectivity index (χ3v) is 20.1. The number of aliphatic hydroxyl groups is 2. The van der Waals surface area contributed by atoms with Gasteiger partial charge in [-0.15, -0.1) is 0 Å². The molecule has 568 valence electrons. The van der Waals surface area contributed by atoms with Gasteiger partial charge in [-0.05, 0) is 104 Å². The van der Waals surface area contributed by atoms with Gasteiger partial charge in [-0.2, -0.15) is 0 Å². The molecule has 0 radical (unpaired) electrons. The smallest absolute Gasteiger partial charge is 0.327 e. The van der Waals surface area contributed by atoms with Crippen molar-refractivity contribution in [3.8, 4) is 5.75 Å². The summed E-state index contributed by atoms with van der Waals surface area (Å²) >= 11 is 0. The van der Waals surface area contributed by atoms with E-state index in [1.165, 1.54) is 31.2 Å². The van der Waals surface area contributed by atoms with Crippen molar-refractivity contribution in [1.29, 1.82) is 0 Å². The second kappa shape index (κ2) is 41.7. The number of aromatic nitrogens is 1. The zero-order chi connectivity index (χ0) is 76.1. The van der Waals surface area contributed by atoms with Crippen molar-refractivity contribution in [2.75, 3.05) is 31.2 Å². The molecule has 105 heavy (non-hydrogen) atoms. The number of carboxylic acids is 1. The van der Waals surface area contributed by atoms with Crippen LogP contribution in [0.5, 0.6) is 5.75 Å². The summed E-state index contributed by atoms with van der Waals surface area (Å²) in [5.74, 6) is -12.8. The highest BCUT2D eigenvalue weighted by Gasteiger charge is 2.38. The molecule has 11 amide bonds. The summed E-state index contributed by atoms with van der Waals surface area (Å²) in [6.07, 6.45) is -1.40. The number of para-hydroxylation sites is 1. The molecule has 0 aliphatic carbocycles. The van der Waals surface area contributed by atoms with Gasteiger partial charge in [0.15, 0.2) is 0 Å². The summed E-state index contributed by atoms with van der Waals surface area (Å²) in [6, 6.07) is 10.7. The number of aliphatic carboxylic acids is 1. The number of aromatic hydroxyl groups is 1. The number of H-pyrrole nitrogens is 1. The Balaban J connectivity index is 1.36. The molecule has 2 aliphatic heterocycles. The lowest BCUT2D eigenvalue weighted by Gasteiger charge is -2.29. The first-order valence-corrected chi connectivity index (χ1v) is 37.5. The topological polar surface area (TPSA) is 498 Å². The molecule has 21 N–H and O–H groups in total. The third-order valence-electron chi connectivity index (χ3n) is 17.6. The Morgan fingerprint density at radius 2 is 1.05 bits per heavy atom. The predicted molar refractivity (Wildman–Crippen MR) is 394 cm³/mol. The molecule has 5 aromatic rings. The van der Waals surface area contributed by atoms with E-state index < -0.39 is 163 Å². The molecule has 0 unspecified atom stereocenters. The molecule has 2 aliphatic rings. The fourth-order valence-corrected chi connectivity index (χ4v) is 13.9. The average Bonchev–Trinajstić information content (AvgIpc) is 1.80. The fraction of sp³-hybridized carbons (Fsp3) is 0.472. The maximum absolute atomic E-state index is 15.5. The lowest BCUT2D eigenvalue weighted by molar-refractivity contribution is -0.142. The first kappa shape index (κ1) is 82.6. The Labute approximate surface area is 615 Å². The number of benzene rings is 4. The first-order valence-electron chi connectivity index (χ1n) is 35.0. The largest absolute Gasteiger partial charge is 0.508 e. The van der Waals surface area contributed by atoms with Gasteiger partial charge in [-0.25, -0.2) is 4.79 Å². The maximum Gasteiger partial charge on any atom is 0.327 e. The van der Waals surface area contributed by atoms with E-state index in [2.05, 4.69) is 68.8 Å². The number of carbonyl (C=O) groups is 12.